The van der Waals surface area contributed by atoms with Crippen LogP contribution in [0, 0.1) is 12.7 Å². The zero-order valence-corrected chi connectivity index (χ0v) is 18.0. The first kappa shape index (κ1) is 21.0. The molecule has 0 saturated carbocycles. The van der Waals surface area contributed by atoms with Gasteiger partial charge in [0, 0.05) is 17.6 Å². The maximum Gasteiger partial charge on any atom is 0.264 e. The van der Waals surface area contributed by atoms with Crippen LogP contribution in [-0.2, 0) is 16.6 Å². The molecule has 154 valence electrons. The van der Waals surface area contributed by atoms with E-state index in [1.54, 1.807) is 45.0 Å². The number of hydrogen-bond acceptors (Lipinski definition) is 4. The van der Waals surface area contributed by atoms with Gasteiger partial charge in [0.05, 0.1) is 10.6 Å². The lowest BCUT2D eigenvalue weighted by molar-refractivity contribution is 0.534. The van der Waals surface area contributed by atoms with Gasteiger partial charge in [0.15, 0.2) is 5.82 Å². The van der Waals surface area contributed by atoms with Crippen LogP contribution in [-0.4, -0.2) is 28.7 Å². The molecule has 0 aliphatic carbocycles. The monoisotopic (exact) mass is 416 g/mol. The SMILES string of the molecule is CCn1c(C)nnc1-c1ccc(F)cc1N(C(C)(C)C)S(=O)(=O)c1ccccc1. The first-order valence-corrected chi connectivity index (χ1v) is 10.8. The van der Waals surface area contributed by atoms with Crippen molar-refractivity contribution in [2.45, 2.75) is 51.6 Å². The zero-order valence-electron chi connectivity index (χ0n) is 17.2. The van der Waals surface area contributed by atoms with Crippen molar-refractivity contribution in [2.24, 2.45) is 0 Å². The first-order valence-electron chi connectivity index (χ1n) is 9.37. The number of nitrogens with zero attached hydrogens (tertiary/aromatic N) is 4. The molecule has 2 aromatic carbocycles. The molecule has 3 rings (SSSR count). The van der Waals surface area contributed by atoms with E-state index in [4.69, 9.17) is 0 Å². The van der Waals surface area contributed by atoms with E-state index in [2.05, 4.69) is 10.2 Å². The van der Waals surface area contributed by atoms with Crippen LogP contribution < -0.4 is 4.31 Å². The minimum Gasteiger partial charge on any atom is -0.311 e. The Balaban J connectivity index is 2.32. The highest BCUT2D eigenvalue weighted by Gasteiger charge is 2.36. The average Bonchev–Trinajstić information content (AvgIpc) is 3.01. The predicted octanol–water partition coefficient (Wildman–Crippen LogP) is 4.41. The van der Waals surface area contributed by atoms with Crippen LogP contribution in [0.4, 0.5) is 10.1 Å². The Labute approximate surface area is 171 Å². The third-order valence-electron chi connectivity index (χ3n) is 4.56. The fourth-order valence-corrected chi connectivity index (χ4v) is 5.21. The predicted molar refractivity (Wildman–Crippen MR) is 112 cm³/mol. The molecule has 0 spiro atoms. The van der Waals surface area contributed by atoms with Gasteiger partial charge >= 0.3 is 0 Å². The van der Waals surface area contributed by atoms with Crippen molar-refractivity contribution in [3.05, 3.63) is 60.2 Å². The standard InChI is InChI=1S/C21H25FN4O2S/c1-6-25-15(2)23-24-20(25)18-13-12-16(22)14-19(18)26(21(3,4)5)29(27,28)17-10-8-7-9-11-17/h7-14H,6H2,1-5H3. The average molecular weight is 417 g/mol. The van der Waals surface area contributed by atoms with Crippen molar-refractivity contribution in [1.82, 2.24) is 14.8 Å². The largest absolute Gasteiger partial charge is 0.311 e. The Bertz CT molecular complexity index is 1120. The van der Waals surface area contributed by atoms with Gasteiger partial charge in [-0.25, -0.2) is 12.8 Å². The number of sulfonamides is 1. The Hall–Kier alpha value is -2.74. The molecule has 1 aromatic heterocycles. The lowest BCUT2D eigenvalue weighted by Gasteiger charge is -2.37. The van der Waals surface area contributed by atoms with E-state index in [0.29, 0.717) is 23.8 Å². The molecule has 0 aliphatic heterocycles. The topological polar surface area (TPSA) is 68.1 Å². The first-order chi connectivity index (χ1) is 13.6. The number of aromatic nitrogens is 3. The highest BCUT2D eigenvalue weighted by atomic mass is 32.2. The molecule has 0 radical (unpaired) electrons. The Morgan fingerprint density at radius 3 is 2.31 bits per heavy atom. The second kappa shape index (κ2) is 7.59. The number of rotatable bonds is 5. The van der Waals surface area contributed by atoms with Gasteiger partial charge in [-0.05, 0) is 65.0 Å². The molecule has 3 aromatic rings. The van der Waals surface area contributed by atoms with E-state index in [1.165, 1.54) is 28.6 Å². The summed E-state index contributed by atoms with van der Waals surface area (Å²) in [6, 6.07) is 12.2. The van der Waals surface area contributed by atoms with Crippen molar-refractivity contribution in [2.75, 3.05) is 4.31 Å². The summed E-state index contributed by atoms with van der Waals surface area (Å²) in [4.78, 5) is 0.137. The van der Waals surface area contributed by atoms with Crippen LogP contribution in [0.3, 0.4) is 0 Å². The molecule has 29 heavy (non-hydrogen) atoms. The number of benzene rings is 2. The zero-order chi connectivity index (χ0) is 21.4. The molecule has 0 N–H and O–H groups in total. The third kappa shape index (κ3) is 3.89. The quantitative estimate of drug-likeness (QED) is 0.618. The summed E-state index contributed by atoms with van der Waals surface area (Å²) in [7, 11) is -3.96. The van der Waals surface area contributed by atoms with Gasteiger partial charge in [-0.3, -0.25) is 4.31 Å². The second-order valence-electron chi connectivity index (χ2n) is 7.73. The van der Waals surface area contributed by atoms with Gasteiger partial charge in [0.2, 0.25) is 0 Å². The summed E-state index contributed by atoms with van der Waals surface area (Å²) >= 11 is 0. The smallest absolute Gasteiger partial charge is 0.264 e. The van der Waals surface area contributed by atoms with Crippen LogP contribution in [0.5, 0.6) is 0 Å². The molecule has 0 bridgehead atoms. The van der Waals surface area contributed by atoms with E-state index in [9.17, 15) is 12.8 Å². The van der Waals surface area contributed by atoms with Crippen molar-refractivity contribution in [3.8, 4) is 11.4 Å². The van der Waals surface area contributed by atoms with Crippen molar-refractivity contribution in [1.29, 1.82) is 0 Å². The van der Waals surface area contributed by atoms with Gasteiger partial charge in [0.1, 0.15) is 11.6 Å². The van der Waals surface area contributed by atoms with Crippen molar-refractivity contribution in [3.63, 3.8) is 0 Å². The number of anilines is 1. The highest BCUT2D eigenvalue weighted by molar-refractivity contribution is 7.93. The van der Waals surface area contributed by atoms with Crippen LogP contribution in [0.15, 0.2) is 53.4 Å². The molecule has 8 heteroatoms. The molecule has 0 saturated heterocycles. The van der Waals surface area contributed by atoms with Gasteiger partial charge in [-0.1, -0.05) is 18.2 Å². The Kier molecular flexibility index (Phi) is 5.49. The summed E-state index contributed by atoms with van der Waals surface area (Å²) in [5.74, 6) is 0.670. The number of hydrogen-bond donors (Lipinski definition) is 0. The number of aryl methyl sites for hydroxylation is 1. The molecule has 0 unspecified atom stereocenters. The summed E-state index contributed by atoms with van der Waals surface area (Å²) in [6.45, 7) is 9.70. The van der Waals surface area contributed by atoms with Gasteiger partial charge in [-0.15, -0.1) is 10.2 Å². The maximum atomic E-state index is 14.3. The number of halogens is 1. The molecule has 0 fully saturated rings. The Morgan fingerprint density at radius 1 is 1.07 bits per heavy atom. The van der Waals surface area contributed by atoms with Crippen molar-refractivity contribution < 1.29 is 12.8 Å². The van der Waals surface area contributed by atoms with Gasteiger partial charge in [0.25, 0.3) is 10.0 Å². The fourth-order valence-electron chi connectivity index (χ4n) is 3.37. The molecule has 1 heterocycles. The van der Waals surface area contributed by atoms with Crippen LogP contribution in [0.1, 0.15) is 33.5 Å². The maximum absolute atomic E-state index is 14.3. The van der Waals surface area contributed by atoms with E-state index in [0.717, 1.165) is 0 Å². The normalized spacial score (nSPS) is 12.2. The highest BCUT2D eigenvalue weighted by Crippen LogP contribution is 2.38. The molecular weight excluding hydrogens is 391 g/mol. The summed E-state index contributed by atoms with van der Waals surface area (Å²) in [5, 5.41) is 8.36. The molecule has 0 atom stereocenters. The minimum absolute atomic E-state index is 0.137. The van der Waals surface area contributed by atoms with E-state index >= 15 is 0 Å². The molecule has 0 aliphatic rings. The molecule has 0 amide bonds. The molecular formula is C21H25FN4O2S. The van der Waals surface area contributed by atoms with E-state index < -0.39 is 21.4 Å². The second-order valence-corrected chi connectivity index (χ2v) is 9.52. The minimum atomic E-state index is -3.96. The lowest BCUT2D eigenvalue weighted by Crippen LogP contribution is -2.46. The fraction of sp³-hybridized carbons (Fsp3) is 0.333. The molecule has 6 nitrogen and oxygen atoms in total. The summed E-state index contributed by atoms with van der Waals surface area (Å²) in [5.41, 5.74) is -0.129. The van der Waals surface area contributed by atoms with Crippen LogP contribution in [0.2, 0.25) is 0 Å². The van der Waals surface area contributed by atoms with Crippen LogP contribution in [0.25, 0.3) is 11.4 Å². The van der Waals surface area contributed by atoms with E-state index in [-0.39, 0.29) is 10.6 Å². The van der Waals surface area contributed by atoms with Crippen molar-refractivity contribution >= 4 is 15.7 Å². The Morgan fingerprint density at radius 2 is 1.72 bits per heavy atom. The lowest BCUT2D eigenvalue weighted by atomic mass is 10.1. The summed E-state index contributed by atoms with van der Waals surface area (Å²) in [6.07, 6.45) is 0. The van der Waals surface area contributed by atoms with E-state index in [1.807, 2.05) is 18.4 Å². The van der Waals surface area contributed by atoms with Crippen LogP contribution >= 0.6 is 0 Å². The third-order valence-corrected chi connectivity index (χ3v) is 6.66. The summed E-state index contributed by atoms with van der Waals surface area (Å²) < 4.78 is 44.6. The van der Waals surface area contributed by atoms with Gasteiger partial charge in [-0.2, -0.15) is 0 Å². The van der Waals surface area contributed by atoms with Gasteiger partial charge < -0.3 is 4.57 Å².